The molecule has 0 amide bonds. The monoisotopic (exact) mass is 287 g/mol. The van der Waals surface area contributed by atoms with E-state index in [2.05, 4.69) is 5.32 Å². The Bertz CT molecular complexity index is 544. The molecule has 0 aliphatic rings. The third kappa shape index (κ3) is 4.05. The van der Waals surface area contributed by atoms with E-state index in [9.17, 15) is 0 Å². The maximum atomic E-state index is 5.81. The SMILES string of the molecule is COc1cc(C)cc(OC)c1OCCNc1ccccc1. The zero-order chi connectivity index (χ0) is 15.1. The van der Waals surface area contributed by atoms with E-state index < -0.39 is 0 Å². The van der Waals surface area contributed by atoms with Gasteiger partial charge in [0.1, 0.15) is 6.61 Å². The number of anilines is 1. The Kier molecular flexibility index (Phi) is 5.32. The molecular weight excluding hydrogens is 266 g/mol. The van der Waals surface area contributed by atoms with Gasteiger partial charge in [0.15, 0.2) is 11.5 Å². The number of methoxy groups -OCH3 is 2. The molecule has 0 spiro atoms. The van der Waals surface area contributed by atoms with Gasteiger partial charge in [-0.25, -0.2) is 0 Å². The maximum absolute atomic E-state index is 5.81. The van der Waals surface area contributed by atoms with Crippen LogP contribution in [0.25, 0.3) is 0 Å². The van der Waals surface area contributed by atoms with Crippen LogP contribution in [0, 0.1) is 6.92 Å². The Hall–Kier alpha value is -2.36. The molecule has 0 aliphatic carbocycles. The van der Waals surface area contributed by atoms with Crippen LogP contribution in [0.3, 0.4) is 0 Å². The fourth-order valence-corrected chi connectivity index (χ4v) is 2.06. The van der Waals surface area contributed by atoms with Crippen molar-refractivity contribution in [3.05, 3.63) is 48.0 Å². The average molecular weight is 287 g/mol. The van der Waals surface area contributed by atoms with Crippen molar-refractivity contribution < 1.29 is 14.2 Å². The summed E-state index contributed by atoms with van der Waals surface area (Å²) in [5, 5.41) is 3.29. The van der Waals surface area contributed by atoms with Crippen LogP contribution in [0.1, 0.15) is 5.56 Å². The predicted molar refractivity (Wildman–Crippen MR) is 84.7 cm³/mol. The number of benzene rings is 2. The molecular formula is C17H21NO3. The topological polar surface area (TPSA) is 39.7 Å². The van der Waals surface area contributed by atoms with Crippen LogP contribution >= 0.6 is 0 Å². The van der Waals surface area contributed by atoms with Gasteiger partial charge in [-0.1, -0.05) is 18.2 Å². The second kappa shape index (κ2) is 7.43. The zero-order valence-corrected chi connectivity index (χ0v) is 12.7. The summed E-state index contributed by atoms with van der Waals surface area (Å²) in [6, 6.07) is 13.9. The molecule has 2 rings (SSSR count). The molecule has 0 atom stereocenters. The van der Waals surface area contributed by atoms with Gasteiger partial charge >= 0.3 is 0 Å². The third-order valence-corrected chi connectivity index (χ3v) is 3.06. The minimum Gasteiger partial charge on any atom is -0.493 e. The van der Waals surface area contributed by atoms with E-state index >= 15 is 0 Å². The molecule has 2 aromatic carbocycles. The highest BCUT2D eigenvalue weighted by Gasteiger charge is 2.12. The van der Waals surface area contributed by atoms with E-state index in [-0.39, 0.29) is 0 Å². The summed E-state index contributed by atoms with van der Waals surface area (Å²) < 4.78 is 16.5. The molecule has 4 nitrogen and oxygen atoms in total. The van der Waals surface area contributed by atoms with Crippen LogP contribution in [0.2, 0.25) is 0 Å². The van der Waals surface area contributed by atoms with Crippen LogP contribution in [0.15, 0.2) is 42.5 Å². The van der Waals surface area contributed by atoms with Gasteiger partial charge in [-0.2, -0.15) is 0 Å². The Morgan fingerprint density at radius 2 is 1.57 bits per heavy atom. The van der Waals surface area contributed by atoms with Gasteiger partial charge < -0.3 is 19.5 Å². The minimum atomic E-state index is 0.519. The summed E-state index contributed by atoms with van der Waals surface area (Å²) >= 11 is 0. The van der Waals surface area contributed by atoms with E-state index in [4.69, 9.17) is 14.2 Å². The first-order valence-electron chi connectivity index (χ1n) is 6.89. The Labute approximate surface area is 125 Å². The molecule has 0 saturated carbocycles. The van der Waals surface area contributed by atoms with Crippen molar-refractivity contribution in [2.45, 2.75) is 6.92 Å². The molecule has 0 radical (unpaired) electrons. The molecule has 112 valence electrons. The lowest BCUT2D eigenvalue weighted by atomic mass is 10.2. The number of rotatable bonds is 7. The number of nitrogens with one attached hydrogen (secondary N) is 1. The normalized spacial score (nSPS) is 10.0. The summed E-state index contributed by atoms with van der Waals surface area (Å²) in [7, 11) is 3.26. The summed E-state index contributed by atoms with van der Waals surface area (Å²) in [4.78, 5) is 0. The minimum absolute atomic E-state index is 0.519. The Morgan fingerprint density at radius 1 is 0.952 bits per heavy atom. The molecule has 0 heterocycles. The largest absolute Gasteiger partial charge is 0.493 e. The quantitative estimate of drug-likeness (QED) is 0.791. The Balaban J connectivity index is 1.96. The summed E-state index contributed by atoms with van der Waals surface area (Å²) in [5.74, 6) is 2.01. The maximum Gasteiger partial charge on any atom is 0.203 e. The molecule has 1 N–H and O–H groups in total. The second-order valence-electron chi connectivity index (χ2n) is 4.64. The van der Waals surface area contributed by atoms with Crippen LogP contribution < -0.4 is 19.5 Å². The summed E-state index contributed by atoms with van der Waals surface area (Å²) in [6.45, 7) is 3.21. The number of aryl methyl sites for hydroxylation is 1. The van der Waals surface area contributed by atoms with Crippen molar-refractivity contribution in [3.8, 4) is 17.2 Å². The van der Waals surface area contributed by atoms with E-state index in [1.165, 1.54) is 0 Å². The molecule has 0 bridgehead atoms. The molecule has 4 heteroatoms. The highest BCUT2D eigenvalue weighted by molar-refractivity contribution is 5.53. The number of ether oxygens (including phenoxy) is 3. The number of para-hydroxylation sites is 1. The highest BCUT2D eigenvalue weighted by Crippen LogP contribution is 2.38. The highest BCUT2D eigenvalue weighted by atomic mass is 16.5. The van der Waals surface area contributed by atoms with Crippen LogP contribution in [0.4, 0.5) is 5.69 Å². The second-order valence-corrected chi connectivity index (χ2v) is 4.64. The summed E-state index contributed by atoms with van der Waals surface area (Å²) in [5.41, 5.74) is 2.14. The molecule has 0 saturated heterocycles. The standard InChI is InChI=1S/C17H21NO3/c1-13-11-15(19-2)17(16(12-13)20-3)21-10-9-18-14-7-5-4-6-8-14/h4-8,11-12,18H,9-10H2,1-3H3. The first kappa shape index (κ1) is 15.0. The van der Waals surface area contributed by atoms with Gasteiger partial charge in [0.05, 0.1) is 14.2 Å². The van der Waals surface area contributed by atoms with Gasteiger partial charge in [-0.05, 0) is 36.8 Å². The van der Waals surface area contributed by atoms with Crippen molar-refractivity contribution in [3.63, 3.8) is 0 Å². The number of hydrogen-bond donors (Lipinski definition) is 1. The van der Waals surface area contributed by atoms with Gasteiger partial charge in [0.25, 0.3) is 0 Å². The van der Waals surface area contributed by atoms with Gasteiger partial charge in [-0.3, -0.25) is 0 Å². The van der Waals surface area contributed by atoms with Crippen molar-refractivity contribution >= 4 is 5.69 Å². The van der Waals surface area contributed by atoms with Crippen molar-refractivity contribution in [2.75, 3.05) is 32.7 Å². The molecule has 0 aliphatic heterocycles. The first-order valence-corrected chi connectivity index (χ1v) is 6.89. The third-order valence-electron chi connectivity index (χ3n) is 3.06. The molecule has 0 fully saturated rings. The fraction of sp³-hybridized carbons (Fsp3) is 0.294. The van der Waals surface area contributed by atoms with Crippen LogP contribution in [-0.4, -0.2) is 27.4 Å². The van der Waals surface area contributed by atoms with Gasteiger partial charge in [0.2, 0.25) is 5.75 Å². The van der Waals surface area contributed by atoms with E-state index in [0.29, 0.717) is 30.4 Å². The molecule has 0 aromatic heterocycles. The lowest BCUT2D eigenvalue weighted by Crippen LogP contribution is -2.12. The smallest absolute Gasteiger partial charge is 0.203 e. The van der Waals surface area contributed by atoms with Crippen molar-refractivity contribution in [1.82, 2.24) is 0 Å². The van der Waals surface area contributed by atoms with E-state index in [1.807, 2.05) is 49.4 Å². The van der Waals surface area contributed by atoms with Gasteiger partial charge in [-0.15, -0.1) is 0 Å². The number of hydrogen-bond acceptors (Lipinski definition) is 4. The first-order chi connectivity index (χ1) is 10.2. The Morgan fingerprint density at radius 3 is 2.14 bits per heavy atom. The molecule has 21 heavy (non-hydrogen) atoms. The van der Waals surface area contributed by atoms with Crippen LogP contribution in [-0.2, 0) is 0 Å². The van der Waals surface area contributed by atoms with Gasteiger partial charge in [0, 0.05) is 12.2 Å². The van der Waals surface area contributed by atoms with E-state index in [1.54, 1.807) is 14.2 Å². The summed E-state index contributed by atoms with van der Waals surface area (Å²) in [6.07, 6.45) is 0. The van der Waals surface area contributed by atoms with E-state index in [0.717, 1.165) is 11.3 Å². The zero-order valence-electron chi connectivity index (χ0n) is 12.7. The lowest BCUT2D eigenvalue weighted by Gasteiger charge is -2.15. The predicted octanol–water partition coefficient (Wildman–Crippen LogP) is 3.50. The fourth-order valence-electron chi connectivity index (χ4n) is 2.06. The molecule has 2 aromatic rings. The average Bonchev–Trinajstić information content (AvgIpc) is 2.52. The van der Waals surface area contributed by atoms with Crippen molar-refractivity contribution in [1.29, 1.82) is 0 Å². The van der Waals surface area contributed by atoms with Crippen molar-refractivity contribution in [2.24, 2.45) is 0 Å². The van der Waals surface area contributed by atoms with Crippen LogP contribution in [0.5, 0.6) is 17.2 Å². The molecule has 0 unspecified atom stereocenters. The lowest BCUT2D eigenvalue weighted by molar-refractivity contribution is 0.284.